The molecule has 1 atom stereocenters. The number of nitrogens with zero attached hydrogens (tertiary/aromatic N) is 2. The van der Waals surface area contributed by atoms with Crippen LogP contribution in [0, 0.1) is 0 Å². The molecule has 2 fully saturated rings. The Labute approximate surface area is 106 Å². The molecule has 0 saturated carbocycles. The van der Waals surface area contributed by atoms with E-state index in [4.69, 9.17) is 9.84 Å². The average Bonchev–Trinajstić information content (AvgIpc) is 2.68. The van der Waals surface area contributed by atoms with Crippen LogP contribution in [0.1, 0.15) is 26.7 Å². The zero-order chi connectivity index (χ0) is 13.3. The minimum atomic E-state index is -1.01. The van der Waals surface area contributed by atoms with E-state index in [-0.39, 0.29) is 24.7 Å². The van der Waals surface area contributed by atoms with Crippen molar-refractivity contribution in [3.63, 3.8) is 0 Å². The molecule has 0 aromatic heterocycles. The summed E-state index contributed by atoms with van der Waals surface area (Å²) < 4.78 is 5.12. The van der Waals surface area contributed by atoms with Crippen LogP contribution in [0.3, 0.4) is 0 Å². The van der Waals surface area contributed by atoms with Gasteiger partial charge in [-0.1, -0.05) is 0 Å². The highest BCUT2D eigenvalue weighted by Gasteiger charge is 2.39. The molecule has 1 N–H and O–H groups in total. The molecule has 0 aromatic carbocycles. The molecule has 0 radical (unpaired) electrons. The first-order chi connectivity index (χ1) is 8.42. The highest BCUT2D eigenvalue weighted by atomic mass is 16.5. The molecule has 6 heteroatoms. The van der Waals surface area contributed by atoms with Crippen molar-refractivity contribution in [2.45, 2.75) is 38.3 Å². The van der Waals surface area contributed by atoms with E-state index >= 15 is 0 Å². The third-order valence-electron chi connectivity index (χ3n) is 3.74. The lowest BCUT2D eigenvalue weighted by atomic mass is 10.0. The maximum Gasteiger partial charge on any atom is 0.334 e. The fourth-order valence-corrected chi connectivity index (χ4v) is 2.61. The number of likely N-dealkylation sites (tertiary alicyclic amines) is 1. The lowest BCUT2D eigenvalue weighted by Gasteiger charge is -2.38. The standard InChI is InChI=1S/C12H20N2O4/c1-12(2)4-3-5-14(12)11(17)13-6-7-18-9(8-13)10(15)16/h9H,3-8H2,1-2H3,(H,15,16). The van der Waals surface area contributed by atoms with Crippen LogP contribution in [0.2, 0.25) is 0 Å². The van der Waals surface area contributed by atoms with Crippen LogP contribution in [-0.4, -0.2) is 64.8 Å². The second-order valence-corrected chi connectivity index (χ2v) is 5.49. The third-order valence-corrected chi connectivity index (χ3v) is 3.74. The predicted octanol–water partition coefficient (Wildman–Crippen LogP) is 0.766. The third kappa shape index (κ3) is 2.43. The molecular formula is C12H20N2O4. The maximum absolute atomic E-state index is 12.4. The summed E-state index contributed by atoms with van der Waals surface area (Å²) in [6.07, 6.45) is 1.10. The number of hydrogen-bond donors (Lipinski definition) is 1. The summed E-state index contributed by atoms with van der Waals surface area (Å²) in [6.45, 7) is 5.74. The lowest BCUT2D eigenvalue weighted by molar-refractivity contribution is -0.154. The number of ether oxygens (including phenoxy) is 1. The molecule has 0 aromatic rings. The van der Waals surface area contributed by atoms with Crippen molar-refractivity contribution in [2.75, 3.05) is 26.2 Å². The highest BCUT2D eigenvalue weighted by Crippen LogP contribution is 2.29. The van der Waals surface area contributed by atoms with Crippen LogP contribution in [0.25, 0.3) is 0 Å². The fourth-order valence-electron chi connectivity index (χ4n) is 2.61. The van der Waals surface area contributed by atoms with Crippen molar-refractivity contribution in [2.24, 2.45) is 0 Å². The van der Waals surface area contributed by atoms with E-state index in [1.165, 1.54) is 0 Å². The summed E-state index contributed by atoms with van der Waals surface area (Å²) in [4.78, 5) is 26.7. The van der Waals surface area contributed by atoms with Crippen molar-refractivity contribution < 1.29 is 19.4 Å². The average molecular weight is 256 g/mol. The second kappa shape index (κ2) is 4.76. The molecule has 2 amide bonds. The molecule has 2 aliphatic rings. The van der Waals surface area contributed by atoms with E-state index in [0.29, 0.717) is 6.54 Å². The van der Waals surface area contributed by atoms with Gasteiger partial charge in [0.1, 0.15) is 0 Å². The molecule has 2 aliphatic heterocycles. The number of carbonyl (C=O) groups is 2. The Bertz CT molecular complexity index is 356. The Morgan fingerprint density at radius 3 is 2.61 bits per heavy atom. The SMILES string of the molecule is CC1(C)CCCN1C(=O)N1CCOC(C(=O)O)C1. The number of morpholine rings is 1. The fraction of sp³-hybridized carbons (Fsp3) is 0.833. The summed E-state index contributed by atoms with van der Waals surface area (Å²) in [7, 11) is 0. The van der Waals surface area contributed by atoms with Crippen LogP contribution in [-0.2, 0) is 9.53 Å². The lowest BCUT2D eigenvalue weighted by Crippen LogP contribution is -2.55. The molecule has 0 spiro atoms. The van der Waals surface area contributed by atoms with Gasteiger partial charge in [-0.05, 0) is 26.7 Å². The van der Waals surface area contributed by atoms with Crippen LogP contribution in [0.4, 0.5) is 4.79 Å². The number of hydrogen-bond acceptors (Lipinski definition) is 3. The maximum atomic E-state index is 12.4. The number of urea groups is 1. The normalized spacial score (nSPS) is 27.3. The molecule has 0 aliphatic carbocycles. The second-order valence-electron chi connectivity index (χ2n) is 5.49. The van der Waals surface area contributed by atoms with Gasteiger partial charge in [0.2, 0.25) is 0 Å². The van der Waals surface area contributed by atoms with E-state index in [0.717, 1.165) is 19.4 Å². The molecule has 2 saturated heterocycles. The van der Waals surface area contributed by atoms with Gasteiger partial charge in [0.15, 0.2) is 6.10 Å². The van der Waals surface area contributed by atoms with Crippen LogP contribution in [0.15, 0.2) is 0 Å². The topological polar surface area (TPSA) is 70.1 Å². The van der Waals surface area contributed by atoms with Crippen molar-refractivity contribution in [3.05, 3.63) is 0 Å². The van der Waals surface area contributed by atoms with E-state index in [9.17, 15) is 9.59 Å². The number of carboxylic acids is 1. The van der Waals surface area contributed by atoms with E-state index in [2.05, 4.69) is 0 Å². The van der Waals surface area contributed by atoms with Gasteiger partial charge in [0.25, 0.3) is 0 Å². The van der Waals surface area contributed by atoms with Crippen molar-refractivity contribution in [1.29, 1.82) is 0 Å². The van der Waals surface area contributed by atoms with Crippen molar-refractivity contribution in [1.82, 2.24) is 9.80 Å². The summed E-state index contributed by atoms with van der Waals surface area (Å²) in [5, 5.41) is 8.93. The highest BCUT2D eigenvalue weighted by molar-refractivity contribution is 5.78. The van der Waals surface area contributed by atoms with Gasteiger partial charge in [0.05, 0.1) is 13.2 Å². The first-order valence-corrected chi connectivity index (χ1v) is 6.33. The Balaban J connectivity index is 2.03. The van der Waals surface area contributed by atoms with Gasteiger partial charge >= 0.3 is 12.0 Å². The Kier molecular flexibility index (Phi) is 3.47. The number of rotatable bonds is 1. The Hall–Kier alpha value is -1.30. The molecule has 2 heterocycles. The Morgan fingerprint density at radius 1 is 1.33 bits per heavy atom. The molecule has 102 valence electrons. The molecule has 0 bridgehead atoms. The van der Waals surface area contributed by atoms with Crippen molar-refractivity contribution >= 4 is 12.0 Å². The zero-order valence-corrected chi connectivity index (χ0v) is 10.9. The number of carboxylic acid groups (broad SMARTS) is 1. The van der Waals surface area contributed by atoms with Crippen molar-refractivity contribution in [3.8, 4) is 0 Å². The van der Waals surface area contributed by atoms with Crippen LogP contribution < -0.4 is 0 Å². The van der Waals surface area contributed by atoms with Gasteiger partial charge in [-0.25, -0.2) is 9.59 Å². The summed E-state index contributed by atoms with van der Waals surface area (Å²) >= 11 is 0. The largest absolute Gasteiger partial charge is 0.479 e. The zero-order valence-electron chi connectivity index (χ0n) is 10.9. The summed E-state index contributed by atoms with van der Waals surface area (Å²) in [5.41, 5.74) is -0.131. The number of aliphatic carboxylic acids is 1. The van der Waals surface area contributed by atoms with Gasteiger partial charge in [-0.3, -0.25) is 0 Å². The van der Waals surface area contributed by atoms with Gasteiger partial charge in [0, 0.05) is 18.6 Å². The molecule has 1 unspecified atom stereocenters. The van der Waals surface area contributed by atoms with E-state index in [1.807, 2.05) is 18.7 Å². The van der Waals surface area contributed by atoms with Crippen LogP contribution in [0.5, 0.6) is 0 Å². The first-order valence-electron chi connectivity index (χ1n) is 6.33. The monoisotopic (exact) mass is 256 g/mol. The molecular weight excluding hydrogens is 236 g/mol. The van der Waals surface area contributed by atoms with Crippen LogP contribution >= 0.6 is 0 Å². The Morgan fingerprint density at radius 2 is 2.06 bits per heavy atom. The summed E-state index contributed by atoms with van der Waals surface area (Å²) in [6, 6.07) is -0.0629. The molecule has 2 rings (SSSR count). The first kappa shape index (κ1) is 13.1. The number of carbonyl (C=O) groups excluding carboxylic acids is 1. The molecule has 6 nitrogen and oxygen atoms in total. The van der Waals surface area contributed by atoms with Gasteiger partial charge in [-0.15, -0.1) is 0 Å². The minimum Gasteiger partial charge on any atom is -0.479 e. The minimum absolute atomic E-state index is 0.0629. The van der Waals surface area contributed by atoms with Gasteiger partial charge in [-0.2, -0.15) is 0 Å². The van der Waals surface area contributed by atoms with E-state index in [1.54, 1.807) is 4.90 Å². The predicted molar refractivity (Wildman–Crippen MR) is 64.4 cm³/mol. The van der Waals surface area contributed by atoms with Gasteiger partial charge < -0.3 is 19.6 Å². The molecule has 18 heavy (non-hydrogen) atoms. The number of amides is 2. The quantitative estimate of drug-likeness (QED) is 0.752. The van der Waals surface area contributed by atoms with E-state index < -0.39 is 12.1 Å². The summed E-state index contributed by atoms with van der Waals surface area (Å²) in [5.74, 6) is -1.01. The smallest absolute Gasteiger partial charge is 0.334 e.